The summed E-state index contributed by atoms with van der Waals surface area (Å²) in [5.74, 6) is -3.57. The maximum atomic E-state index is 13.1. The number of aliphatic hydroxyl groups excluding tert-OH is 1. The van der Waals surface area contributed by atoms with Crippen molar-refractivity contribution in [1.82, 2.24) is 15.5 Å². The van der Waals surface area contributed by atoms with E-state index in [2.05, 4.69) is 5.32 Å². The molecule has 0 aromatic rings. The van der Waals surface area contributed by atoms with Crippen LogP contribution in [0.5, 0.6) is 0 Å². The van der Waals surface area contributed by atoms with Gasteiger partial charge in [-0.2, -0.15) is 13.2 Å². The van der Waals surface area contributed by atoms with Gasteiger partial charge in [-0.25, -0.2) is 0 Å². The number of carbonyl (C=O) groups excluding carboxylic acids is 3. The predicted octanol–water partition coefficient (Wildman–Crippen LogP) is 0.424. The number of likely N-dealkylation sites (tertiary alicyclic amines) is 1. The molecule has 28 heavy (non-hydrogen) atoms. The molecule has 10 heteroatoms. The maximum absolute atomic E-state index is 13.1. The van der Waals surface area contributed by atoms with Crippen LogP contribution < -0.4 is 10.6 Å². The lowest BCUT2D eigenvalue weighted by Gasteiger charge is -2.33. The van der Waals surface area contributed by atoms with Gasteiger partial charge in [0.05, 0.1) is 6.61 Å². The van der Waals surface area contributed by atoms with Crippen LogP contribution in [-0.4, -0.2) is 65.2 Å². The molecule has 0 bridgehead atoms. The highest BCUT2D eigenvalue weighted by molar-refractivity contribution is 5.94. The van der Waals surface area contributed by atoms with Crippen molar-refractivity contribution in [3.05, 3.63) is 0 Å². The fourth-order valence-corrected chi connectivity index (χ4v) is 4.40. The van der Waals surface area contributed by atoms with Gasteiger partial charge >= 0.3 is 12.1 Å². The highest BCUT2D eigenvalue weighted by Crippen LogP contribution is 2.65. The van der Waals surface area contributed by atoms with Crippen molar-refractivity contribution in [2.45, 2.75) is 57.9 Å². The summed E-state index contributed by atoms with van der Waals surface area (Å²) >= 11 is 0. The minimum absolute atomic E-state index is 0.0785. The summed E-state index contributed by atoms with van der Waals surface area (Å²) in [6, 6.07) is -2.60. The van der Waals surface area contributed by atoms with Gasteiger partial charge in [0.2, 0.25) is 11.8 Å². The Labute approximate surface area is 161 Å². The third-order valence-corrected chi connectivity index (χ3v) is 6.33. The minimum atomic E-state index is -5.07. The molecule has 3 N–H and O–H groups in total. The van der Waals surface area contributed by atoms with Crippen molar-refractivity contribution in [2.24, 2.45) is 23.2 Å². The molecule has 3 aliphatic rings. The summed E-state index contributed by atoms with van der Waals surface area (Å²) in [7, 11) is 0. The van der Waals surface area contributed by atoms with E-state index in [1.54, 1.807) is 6.92 Å². The summed E-state index contributed by atoms with van der Waals surface area (Å²) in [6.07, 6.45) is -3.96. The Bertz CT molecular complexity index is 677. The van der Waals surface area contributed by atoms with Crippen LogP contribution in [0.1, 0.15) is 33.6 Å². The van der Waals surface area contributed by atoms with Gasteiger partial charge in [-0.15, -0.1) is 0 Å². The fraction of sp³-hybridized carbons (Fsp3) is 0.833. The number of piperidine rings is 1. The van der Waals surface area contributed by atoms with E-state index in [4.69, 9.17) is 0 Å². The molecule has 0 aromatic carbocycles. The van der Waals surface area contributed by atoms with E-state index >= 15 is 0 Å². The number of hydrogen-bond acceptors (Lipinski definition) is 4. The molecule has 0 aromatic heterocycles. The van der Waals surface area contributed by atoms with Crippen LogP contribution in [0, 0.1) is 23.2 Å². The molecule has 2 aliphatic carbocycles. The molecule has 2 saturated carbocycles. The van der Waals surface area contributed by atoms with Crippen LogP contribution in [0.2, 0.25) is 0 Å². The predicted molar refractivity (Wildman–Crippen MR) is 91.7 cm³/mol. The quantitative estimate of drug-likeness (QED) is 0.597. The standard InChI is InChI=1S/C18H26F3N3O4/c1-8(7-25)22-14(26)13-11-10(17(11,2)3)6-24(13)15(27)12(9-4-5-9)23-16(28)18(19,20)21/h8-13,25H,4-7H2,1-3H3,(H,22,26)(H,23,28)/t8-,10-,11-,12-,13-/m0/s1. The molecular weight excluding hydrogens is 379 g/mol. The highest BCUT2D eigenvalue weighted by Gasteiger charge is 2.69. The normalized spacial score (nSPS) is 30.2. The molecule has 0 radical (unpaired) electrons. The first-order valence-corrected chi connectivity index (χ1v) is 9.49. The number of aliphatic hydroxyl groups is 1. The van der Waals surface area contributed by atoms with Crippen LogP contribution in [0.25, 0.3) is 0 Å². The Kier molecular flexibility index (Phi) is 5.14. The lowest BCUT2D eigenvalue weighted by Crippen LogP contribution is -2.58. The zero-order valence-corrected chi connectivity index (χ0v) is 16.0. The van der Waals surface area contributed by atoms with Crippen molar-refractivity contribution in [1.29, 1.82) is 0 Å². The number of nitrogens with zero attached hydrogens (tertiary/aromatic N) is 1. The van der Waals surface area contributed by atoms with Gasteiger partial charge in [-0.1, -0.05) is 13.8 Å². The number of carbonyl (C=O) groups is 3. The molecule has 3 rings (SSSR count). The Balaban J connectivity index is 1.78. The monoisotopic (exact) mass is 405 g/mol. The lowest BCUT2D eigenvalue weighted by atomic mass is 9.99. The van der Waals surface area contributed by atoms with Gasteiger partial charge < -0.3 is 20.6 Å². The van der Waals surface area contributed by atoms with Crippen LogP contribution in [0.15, 0.2) is 0 Å². The zero-order valence-electron chi connectivity index (χ0n) is 16.0. The summed E-state index contributed by atoms with van der Waals surface area (Å²) in [5, 5.41) is 13.7. The number of rotatable bonds is 6. The number of hydrogen-bond donors (Lipinski definition) is 3. The van der Waals surface area contributed by atoms with Gasteiger partial charge in [0, 0.05) is 12.6 Å². The molecule has 1 heterocycles. The molecular formula is C18H26F3N3O4. The third kappa shape index (κ3) is 3.70. The van der Waals surface area contributed by atoms with Crippen LogP contribution >= 0.6 is 0 Å². The largest absolute Gasteiger partial charge is 0.471 e. The van der Waals surface area contributed by atoms with Crippen molar-refractivity contribution < 1.29 is 32.7 Å². The topological polar surface area (TPSA) is 98.7 Å². The molecule has 3 fully saturated rings. The van der Waals surface area contributed by atoms with Crippen molar-refractivity contribution in [3.8, 4) is 0 Å². The third-order valence-electron chi connectivity index (χ3n) is 6.33. The summed E-state index contributed by atoms with van der Waals surface area (Å²) < 4.78 is 38.0. The molecule has 0 spiro atoms. The fourth-order valence-electron chi connectivity index (χ4n) is 4.40. The first-order chi connectivity index (χ1) is 12.9. The Morgan fingerprint density at radius 2 is 1.82 bits per heavy atom. The summed E-state index contributed by atoms with van der Waals surface area (Å²) in [5.41, 5.74) is -0.147. The summed E-state index contributed by atoms with van der Waals surface area (Å²) in [4.78, 5) is 38.5. The minimum Gasteiger partial charge on any atom is -0.394 e. The van der Waals surface area contributed by atoms with E-state index < -0.39 is 42.0 Å². The van der Waals surface area contributed by atoms with Crippen molar-refractivity contribution >= 4 is 17.7 Å². The average Bonchev–Trinajstić information content (AvgIpc) is 3.46. The molecule has 158 valence electrons. The zero-order chi connectivity index (χ0) is 21.0. The molecule has 3 amide bonds. The van der Waals surface area contributed by atoms with E-state index in [1.807, 2.05) is 19.2 Å². The number of alkyl halides is 3. The number of fused-ring (bicyclic) bond motifs is 1. The SMILES string of the molecule is C[C@@H](CO)NC(=O)[C@@H]1[C@@H]2[C@H](CN1C(=O)[C@@H](NC(=O)C(F)(F)F)C1CC1)C2(C)C. The van der Waals surface area contributed by atoms with E-state index in [9.17, 15) is 32.7 Å². The van der Waals surface area contributed by atoms with Crippen LogP contribution in [0.3, 0.4) is 0 Å². The van der Waals surface area contributed by atoms with E-state index in [0.29, 0.717) is 12.8 Å². The molecule has 1 saturated heterocycles. The van der Waals surface area contributed by atoms with E-state index in [1.165, 1.54) is 4.90 Å². The van der Waals surface area contributed by atoms with Gasteiger partial charge in [0.25, 0.3) is 0 Å². The second-order valence-electron chi connectivity index (χ2n) is 8.77. The molecule has 5 atom stereocenters. The number of halogens is 3. The average molecular weight is 405 g/mol. The lowest BCUT2D eigenvalue weighted by molar-refractivity contribution is -0.175. The van der Waals surface area contributed by atoms with Crippen LogP contribution in [0.4, 0.5) is 13.2 Å². The van der Waals surface area contributed by atoms with Crippen LogP contribution in [-0.2, 0) is 14.4 Å². The van der Waals surface area contributed by atoms with Crippen molar-refractivity contribution in [2.75, 3.05) is 13.2 Å². The highest BCUT2D eigenvalue weighted by atomic mass is 19.4. The van der Waals surface area contributed by atoms with E-state index in [0.717, 1.165) is 0 Å². The van der Waals surface area contributed by atoms with Gasteiger partial charge in [0.1, 0.15) is 12.1 Å². The first kappa shape index (κ1) is 20.9. The van der Waals surface area contributed by atoms with Gasteiger partial charge in [-0.05, 0) is 42.9 Å². The maximum Gasteiger partial charge on any atom is 0.471 e. The van der Waals surface area contributed by atoms with Gasteiger partial charge in [0.15, 0.2) is 0 Å². The van der Waals surface area contributed by atoms with Crippen molar-refractivity contribution in [3.63, 3.8) is 0 Å². The van der Waals surface area contributed by atoms with Gasteiger partial charge in [-0.3, -0.25) is 14.4 Å². The number of nitrogens with one attached hydrogen (secondary N) is 2. The Hall–Kier alpha value is -1.84. The number of amides is 3. The second-order valence-corrected chi connectivity index (χ2v) is 8.77. The second kappa shape index (κ2) is 6.89. The smallest absolute Gasteiger partial charge is 0.394 e. The summed E-state index contributed by atoms with van der Waals surface area (Å²) in [6.45, 7) is 5.60. The molecule has 7 nitrogen and oxygen atoms in total. The first-order valence-electron chi connectivity index (χ1n) is 9.49. The molecule has 0 unspecified atom stereocenters. The Morgan fingerprint density at radius 1 is 1.21 bits per heavy atom. The Morgan fingerprint density at radius 3 is 2.32 bits per heavy atom. The molecule has 1 aliphatic heterocycles. The van der Waals surface area contributed by atoms with E-state index in [-0.39, 0.29) is 36.3 Å².